The zero-order chi connectivity index (χ0) is 10.6. The van der Waals surface area contributed by atoms with Crippen molar-refractivity contribution >= 4 is 12.1 Å². The molecule has 0 spiro atoms. The third kappa shape index (κ3) is 3.09. The Kier molecular flexibility index (Phi) is 3.12. The van der Waals surface area contributed by atoms with Gasteiger partial charge in [0.25, 0.3) is 0 Å². The van der Waals surface area contributed by atoms with Gasteiger partial charge in [0.2, 0.25) is 6.41 Å². The number of amides is 1. The number of carbonyl (C=O) groups excluding carboxylic acids is 1. The summed E-state index contributed by atoms with van der Waals surface area (Å²) < 4.78 is 5.66. The monoisotopic (exact) mass is 193 g/mol. The van der Waals surface area contributed by atoms with Crippen LogP contribution in [0.5, 0.6) is 5.75 Å². The predicted octanol–water partition coefficient (Wildman–Crippen LogP) is 2.43. The fourth-order valence-corrected chi connectivity index (χ4v) is 1.07. The SMILES string of the molecule is CC(C)(C)Oc1ccccc1NC=O. The maximum atomic E-state index is 10.3. The van der Waals surface area contributed by atoms with Gasteiger partial charge in [0, 0.05) is 0 Å². The van der Waals surface area contributed by atoms with Crippen molar-refractivity contribution in [3.05, 3.63) is 24.3 Å². The third-order valence-electron chi connectivity index (χ3n) is 1.52. The number of hydrogen-bond donors (Lipinski definition) is 1. The molecule has 0 aliphatic heterocycles. The van der Waals surface area contributed by atoms with Crippen LogP contribution in [0.2, 0.25) is 0 Å². The van der Waals surface area contributed by atoms with Crippen LogP contribution in [0, 0.1) is 0 Å². The zero-order valence-corrected chi connectivity index (χ0v) is 8.70. The van der Waals surface area contributed by atoms with Gasteiger partial charge in [-0.1, -0.05) is 12.1 Å². The molecular formula is C11H15NO2. The van der Waals surface area contributed by atoms with Gasteiger partial charge in [-0.25, -0.2) is 0 Å². The Balaban J connectivity index is 2.89. The number of anilines is 1. The van der Waals surface area contributed by atoms with Gasteiger partial charge in [-0.3, -0.25) is 4.79 Å². The number of carbonyl (C=O) groups is 1. The van der Waals surface area contributed by atoms with E-state index in [0.717, 1.165) is 0 Å². The highest BCUT2D eigenvalue weighted by atomic mass is 16.5. The second-order valence-electron chi connectivity index (χ2n) is 3.97. The molecule has 3 heteroatoms. The molecule has 1 aromatic carbocycles. The molecule has 1 aromatic rings. The van der Waals surface area contributed by atoms with Gasteiger partial charge in [-0.15, -0.1) is 0 Å². The summed E-state index contributed by atoms with van der Waals surface area (Å²) in [6.45, 7) is 5.89. The Bertz CT molecular complexity index is 315. The molecule has 0 saturated carbocycles. The molecule has 1 N–H and O–H groups in total. The van der Waals surface area contributed by atoms with E-state index in [0.29, 0.717) is 17.8 Å². The molecule has 14 heavy (non-hydrogen) atoms. The molecule has 0 fully saturated rings. The van der Waals surface area contributed by atoms with Crippen LogP contribution in [0.25, 0.3) is 0 Å². The molecule has 76 valence electrons. The Hall–Kier alpha value is -1.51. The quantitative estimate of drug-likeness (QED) is 0.749. The minimum atomic E-state index is -0.263. The van der Waals surface area contributed by atoms with E-state index in [1.807, 2.05) is 39.0 Å². The number of nitrogens with one attached hydrogen (secondary N) is 1. The molecule has 0 heterocycles. The fourth-order valence-electron chi connectivity index (χ4n) is 1.07. The first kappa shape index (κ1) is 10.6. The molecule has 0 radical (unpaired) electrons. The maximum absolute atomic E-state index is 10.3. The van der Waals surface area contributed by atoms with Crippen molar-refractivity contribution in [3.63, 3.8) is 0 Å². The highest BCUT2D eigenvalue weighted by Crippen LogP contribution is 2.26. The topological polar surface area (TPSA) is 38.3 Å². The van der Waals surface area contributed by atoms with E-state index in [9.17, 15) is 4.79 Å². The van der Waals surface area contributed by atoms with Gasteiger partial charge < -0.3 is 10.1 Å². The molecular weight excluding hydrogens is 178 g/mol. The van der Waals surface area contributed by atoms with Crippen LogP contribution >= 0.6 is 0 Å². The van der Waals surface area contributed by atoms with Crippen molar-refractivity contribution in [2.24, 2.45) is 0 Å². The lowest BCUT2D eigenvalue weighted by Gasteiger charge is -2.22. The standard InChI is InChI=1S/C11H15NO2/c1-11(2,3)14-10-7-5-4-6-9(10)12-8-13/h4-8H,1-3H3,(H,12,13). The first-order chi connectivity index (χ1) is 6.53. The number of para-hydroxylation sites is 2. The van der Waals surface area contributed by atoms with Crippen LogP contribution < -0.4 is 10.1 Å². The second kappa shape index (κ2) is 4.13. The Labute approximate surface area is 84.1 Å². The number of hydrogen-bond acceptors (Lipinski definition) is 2. The molecule has 1 amide bonds. The first-order valence-electron chi connectivity index (χ1n) is 4.51. The average Bonchev–Trinajstić information content (AvgIpc) is 2.06. The van der Waals surface area contributed by atoms with Crippen molar-refractivity contribution in [1.82, 2.24) is 0 Å². The first-order valence-corrected chi connectivity index (χ1v) is 4.51. The van der Waals surface area contributed by atoms with E-state index >= 15 is 0 Å². The van der Waals surface area contributed by atoms with Crippen LogP contribution in [-0.4, -0.2) is 12.0 Å². The number of rotatable bonds is 3. The van der Waals surface area contributed by atoms with Crippen molar-refractivity contribution in [2.75, 3.05) is 5.32 Å². The second-order valence-corrected chi connectivity index (χ2v) is 3.97. The summed E-state index contributed by atoms with van der Waals surface area (Å²) in [7, 11) is 0. The van der Waals surface area contributed by atoms with Crippen LogP contribution in [0.4, 0.5) is 5.69 Å². The summed E-state index contributed by atoms with van der Waals surface area (Å²) in [4.78, 5) is 10.3. The third-order valence-corrected chi connectivity index (χ3v) is 1.52. The molecule has 0 aromatic heterocycles. The van der Waals surface area contributed by atoms with Crippen LogP contribution in [0.1, 0.15) is 20.8 Å². The van der Waals surface area contributed by atoms with E-state index < -0.39 is 0 Å². The molecule has 0 saturated heterocycles. The van der Waals surface area contributed by atoms with Crippen molar-refractivity contribution in [3.8, 4) is 5.75 Å². The summed E-state index contributed by atoms with van der Waals surface area (Å²) in [5.74, 6) is 0.687. The van der Waals surface area contributed by atoms with Gasteiger partial charge in [0.1, 0.15) is 11.4 Å². The van der Waals surface area contributed by atoms with Gasteiger partial charge in [0.15, 0.2) is 0 Å². The van der Waals surface area contributed by atoms with Crippen LogP contribution in [0.3, 0.4) is 0 Å². The smallest absolute Gasteiger partial charge is 0.211 e. The summed E-state index contributed by atoms with van der Waals surface area (Å²) in [5, 5.41) is 2.59. The summed E-state index contributed by atoms with van der Waals surface area (Å²) in [6.07, 6.45) is 0.644. The lowest BCUT2D eigenvalue weighted by atomic mass is 10.2. The highest BCUT2D eigenvalue weighted by Gasteiger charge is 2.13. The molecule has 0 unspecified atom stereocenters. The van der Waals surface area contributed by atoms with E-state index in [4.69, 9.17) is 4.74 Å². The largest absolute Gasteiger partial charge is 0.486 e. The molecule has 0 aliphatic rings. The summed E-state index contributed by atoms with van der Waals surface area (Å²) >= 11 is 0. The number of ether oxygens (including phenoxy) is 1. The van der Waals surface area contributed by atoms with Gasteiger partial charge in [-0.2, -0.15) is 0 Å². The highest BCUT2D eigenvalue weighted by molar-refractivity contribution is 5.75. The predicted molar refractivity (Wildman–Crippen MR) is 56.5 cm³/mol. The molecule has 0 aliphatic carbocycles. The Morgan fingerprint density at radius 3 is 2.50 bits per heavy atom. The van der Waals surface area contributed by atoms with Gasteiger partial charge in [0.05, 0.1) is 5.69 Å². The van der Waals surface area contributed by atoms with E-state index in [1.54, 1.807) is 6.07 Å². The fraction of sp³-hybridized carbons (Fsp3) is 0.364. The minimum absolute atomic E-state index is 0.263. The lowest BCUT2D eigenvalue weighted by Crippen LogP contribution is -2.23. The molecule has 0 atom stereocenters. The van der Waals surface area contributed by atoms with Crippen molar-refractivity contribution in [1.29, 1.82) is 0 Å². The normalized spacial score (nSPS) is 10.8. The maximum Gasteiger partial charge on any atom is 0.211 e. The summed E-state index contributed by atoms with van der Waals surface area (Å²) in [5.41, 5.74) is 0.429. The van der Waals surface area contributed by atoms with Gasteiger partial charge >= 0.3 is 0 Å². The van der Waals surface area contributed by atoms with Crippen molar-refractivity contribution in [2.45, 2.75) is 26.4 Å². The molecule has 0 bridgehead atoms. The van der Waals surface area contributed by atoms with Gasteiger partial charge in [-0.05, 0) is 32.9 Å². The Morgan fingerprint density at radius 2 is 1.93 bits per heavy atom. The summed E-state index contributed by atoms with van der Waals surface area (Å²) in [6, 6.07) is 7.35. The zero-order valence-electron chi connectivity index (χ0n) is 8.70. The van der Waals surface area contributed by atoms with Crippen LogP contribution in [-0.2, 0) is 4.79 Å². The Morgan fingerprint density at radius 1 is 1.29 bits per heavy atom. The molecule has 3 nitrogen and oxygen atoms in total. The average molecular weight is 193 g/mol. The lowest BCUT2D eigenvalue weighted by molar-refractivity contribution is -0.105. The van der Waals surface area contributed by atoms with E-state index in [2.05, 4.69) is 5.32 Å². The molecule has 1 rings (SSSR count). The van der Waals surface area contributed by atoms with E-state index in [-0.39, 0.29) is 5.60 Å². The minimum Gasteiger partial charge on any atom is -0.486 e. The number of benzene rings is 1. The van der Waals surface area contributed by atoms with Crippen molar-refractivity contribution < 1.29 is 9.53 Å². The van der Waals surface area contributed by atoms with Crippen LogP contribution in [0.15, 0.2) is 24.3 Å². The van der Waals surface area contributed by atoms with E-state index in [1.165, 1.54) is 0 Å².